The zero-order valence-electron chi connectivity index (χ0n) is 16.7. The molecule has 1 amide bonds. The Balaban J connectivity index is 2.28. The summed E-state index contributed by atoms with van der Waals surface area (Å²) in [5.41, 5.74) is 4.61. The van der Waals surface area contributed by atoms with Gasteiger partial charge < -0.3 is 20.3 Å². The number of aliphatic hydroxyl groups is 1. The number of anilines is 1. The van der Waals surface area contributed by atoms with Crippen LogP contribution in [0.5, 0.6) is 0 Å². The van der Waals surface area contributed by atoms with Gasteiger partial charge in [0.05, 0.1) is 18.2 Å². The van der Waals surface area contributed by atoms with Gasteiger partial charge in [-0.3, -0.25) is 4.79 Å². The number of carbonyl (C=O) groups is 1. The van der Waals surface area contributed by atoms with Gasteiger partial charge in [0.25, 0.3) is 0 Å². The van der Waals surface area contributed by atoms with Crippen LogP contribution in [0.4, 0.5) is 5.69 Å². The number of likely N-dealkylation sites (N-methyl/N-ethyl adjacent to an activating group) is 1. The molecule has 1 aromatic carbocycles. The summed E-state index contributed by atoms with van der Waals surface area (Å²) in [7, 11) is 1.99. The molecule has 3 rings (SSSR count). The molecule has 1 aliphatic rings. The van der Waals surface area contributed by atoms with Crippen LogP contribution in [0.1, 0.15) is 45.7 Å². The summed E-state index contributed by atoms with van der Waals surface area (Å²) in [6, 6.07) is 3.75. The SMILES string of the molecule is CC(C)[C@H]1C(=O)N[C@@H](CO)Cc2c[nH]c3c(C(C)(C)C)ccc(c23)N1C. The molecule has 2 atom stereocenters. The highest BCUT2D eigenvalue weighted by Crippen LogP contribution is 2.38. The third-order valence-electron chi connectivity index (χ3n) is 5.43. The lowest BCUT2D eigenvalue weighted by Gasteiger charge is -2.33. The van der Waals surface area contributed by atoms with Crippen LogP contribution in [0.25, 0.3) is 10.9 Å². The topological polar surface area (TPSA) is 68.4 Å². The second-order valence-electron chi connectivity index (χ2n) is 8.84. The van der Waals surface area contributed by atoms with Crippen LogP contribution in [-0.2, 0) is 16.6 Å². The van der Waals surface area contributed by atoms with E-state index in [9.17, 15) is 9.90 Å². The number of aromatic nitrogens is 1. The third kappa shape index (κ3) is 3.09. The number of benzene rings is 1. The standard InChI is InChI=1S/C21H31N3O2/c1-12(2)19-20(26)23-14(11-25)9-13-10-22-18-15(21(3,4)5)7-8-16(17(13)18)24(19)6/h7-8,10,12,14,19,22,25H,9,11H2,1-6H3,(H,23,26)/t14-,19+/m1/s1. The van der Waals surface area contributed by atoms with E-state index in [1.807, 2.05) is 13.2 Å². The summed E-state index contributed by atoms with van der Waals surface area (Å²) < 4.78 is 0. The summed E-state index contributed by atoms with van der Waals surface area (Å²) in [5.74, 6) is 0.126. The van der Waals surface area contributed by atoms with Crippen LogP contribution < -0.4 is 10.2 Å². The van der Waals surface area contributed by atoms with Gasteiger partial charge in [0.2, 0.25) is 5.91 Å². The number of amides is 1. The molecule has 2 heterocycles. The number of H-pyrrole nitrogens is 1. The minimum absolute atomic E-state index is 0.0134. The molecule has 5 heteroatoms. The molecular formula is C21H31N3O2. The second kappa shape index (κ2) is 6.62. The van der Waals surface area contributed by atoms with E-state index in [2.05, 4.69) is 62.0 Å². The molecule has 0 aliphatic carbocycles. The smallest absolute Gasteiger partial charge is 0.243 e. The fourth-order valence-electron chi connectivity index (χ4n) is 4.17. The van der Waals surface area contributed by atoms with Gasteiger partial charge in [-0.15, -0.1) is 0 Å². The lowest BCUT2D eigenvalue weighted by molar-refractivity contribution is -0.124. The van der Waals surface area contributed by atoms with E-state index in [1.54, 1.807) is 0 Å². The number of hydrogen-bond acceptors (Lipinski definition) is 3. The van der Waals surface area contributed by atoms with Crippen molar-refractivity contribution in [2.24, 2.45) is 5.92 Å². The van der Waals surface area contributed by atoms with E-state index in [1.165, 1.54) is 10.9 Å². The van der Waals surface area contributed by atoms with Gasteiger partial charge in [-0.2, -0.15) is 0 Å². The van der Waals surface area contributed by atoms with Crippen molar-refractivity contribution >= 4 is 22.5 Å². The molecule has 0 bridgehead atoms. The second-order valence-corrected chi connectivity index (χ2v) is 8.84. The minimum atomic E-state index is -0.284. The zero-order chi connectivity index (χ0) is 19.2. The molecule has 1 aromatic heterocycles. The normalized spacial score (nSPS) is 21.5. The first-order chi connectivity index (χ1) is 12.1. The summed E-state index contributed by atoms with van der Waals surface area (Å²) in [6.45, 7) is 10.7. The van der Waals surface area contributed by atoms with Crippen molar-refractivity contribution in [1.29, 1.82) is 0 Å². The first kappa shape index (κ1) is 18.8. The van der Waals surface area contributed by atoms with Crippen molar-refractivity contribution in [3.63, 3.8) is 0 Å². The van der Waals surface area contributed by atoms with Gasteiger partial charge in [0.1, 0.15) is 6.04 Å². The number of nitrogens with zero attached hydrogens (tertiary/aromatic N) is 1. The molecule has 0 fully saturated rings. The summed E-state index contributed by atoms with van der Waals surface area (Å²) in [6.07, 6.45) is 2.64. The molecule has 0 radical (unpaired) electrons. The molecule has 2 aromatic rings. The molecule has 0 spiro atoms. The maximum Gasteiger partial charge on any atom is 0.243 e. The quantitative estimate of drug-likeness (QED) is 0.774. The number of aromatic amines is 1. The number of hydrogen-bond donors (Lipinski definition) is 3. The molecule has 0 unspecified atom stereocenters. The molecule has 1 aliphatic heterocycles. The van der Waals surface area contributed by atoms with Gasteiger partial charge in [-0.05, 0) is 34.9 Å². The van der Waals surface area contributed by atoms with Crippen LogP contribution in [-0.4, -0.2) is 41.7 Å². The lowest BCUT2D eigenvalue weighted by atomic mass is 9.84. The predicted octanol–water partition coefficient (Wildman–Crippen LogP) is 2.96. The van der Waals surface area contributed by atoms with Gasteiger partial charge in [0.15, 0.2) is 0 Å². The van der Waals surface area contributed by atoms with Crippen LogP contribution in [0.2, 0.25) is 0 Å². The Labute approximate surface area is 155 Å². The zero-order valence-corrected chi connectivity index (χ0v) is 16.7. The van der Waals surface area contributed by atoms with Crippen LogP contribution in [0, 0.1) is 5.92 Å². The van der Waals surface area contributed by atoms with Gasteiger partial charge >= 0.3 is 0 Å². The summed E-state index contributed by atoms with van der Waals surface area (Å²) >= 11 is 0. The van der Waals surface area contributed by atoms with Crippen molar-refractivity contribution in [2.45, 2.75) is 58.5 Å². The van der Waals surface area contributed by atoms with E-state index >= 15 is 0 Å². The minimum Gasteiger partial charge on any atom is -0.394 e. The lowest BCUT2D eigenvalue weighted by Crippen LogP contribution is -2.52. The largest absolute Gasteiger partial charge is 0.394 e. The summed E-state index contributed by atoms with van der Waals surface area (Å²) in [4.78, 5) is 18.4. The molecular weight excluding hydrogens is 326 g/mol. The van der Waals surface area contributed by atoms with Crippen LogP contribution in [0.15, 0.2) is 18.3 Å². The predicted molar refractivity (Wildman–Crippen MR) is 107 cm³/mol. The van der Waals surface area contributed by atoms with E-state index in [0.717, 1.165) is 16.8 Å². The van der Waals surface area contributed by atoms with Crippen LogP contribution >= 0.6 is 0 Å². The average molecular weight is 357 g/mol. The highest BCUT2D eigenvalue weighted by atomic mass is 16.3. The Kier molecular flexibility index (Phi) is 4.78. The van der Waals surface area contributed by atoms with E-state index < -0.39 is 0 Å². The molecule has 142 valence electrons. The van der Waals surface area contributed by atoms with E-state index in [4.69, 9.17) is 0 Å². The Morgan fingerprint density at radius 3 is 2.58 bits per heavy atom. The van der Waals surface area contributed by atoms with Crippen molar-refractivity contribution in [3.05, 3.63) is 29.5 Å². The highest BCUT2D eigenvalue weighted by Gasteiger charge is 2.32. The Bertz CT molecular complexity index is 817. The summed E-state index contributed by atoms with van der Waals surface area (Å²) in [5, 5.41) is 14.0. The third-order valence-corrected chi connectivity index (χ3v) is 5.43. The monoisotopic (exact) mass is 357 g/mol. The van der Waals surface area contributed by atoms with Gasteiger partial charge in [0, 0.05) is 24.3 Å². The van der Waals surface area contributed by atoms with Gasteiger partial charge in [-0.25, -0.2) is 0 Å². The van der Waals surface area contributed by atoms with Crippen molar-refractivity contribution in [3.8, 4) is 0 Å². The first-order valence-electron chi connectivity index (χ1n) is 9.42. The number of rotatable bonds is 2. The Morgan fingerprint density at radius 2 is 2.00 bits per heavy atom. The average Bonchev–Trinajstić information content (AvgIpc) is 2.96. The number of aliphatic hydroxyl groups excluding tert-OH is 1. The van der Waals surface area contributed by atoms with E-state index in [-0.39, 0.29) is 35.9 Å². The van der Waals surface area contributed by atoms with Crippen molar-refractivity contribution in [2.75, 3.05) is 18.6 Å². The van der Waals surface area contributed by atoms with E-state index in [0.29, 0.717) is 6.42 Å². The molecule has 3 N–H and O–H groups in total. The fourth-order valence-corrected chi connectivity index (χ4v) is 4.17. The number of carbonyl (C=O) groups excluding carboxylic acids is 1. The first-order valence-corrected chi connectivity index (χ1v) is 9.42. The Hall–Kier alpha value is -2.01. The van der Waals surface area contributed by atoms with Crippen molar-refractivity contribution in [1.82, 2.24) is 10.3 Å². The molecule has 5 nitrogen and oxygen atoms in total. The fraction of sp³-hybridized carbons (Fsp3) is 0.571. The number of nitrogens with one attached hydrogen (secondary N) is 2. The Morgan fingerprint density at radius 1 is 1.31 bits per heavy atom. The molecule has 0 saturated carbocycles. The highest BCUT2D eigenvalue weighted by molar-refractivity contribution is 6.00. The van der Waals surface area contributed by atoms with Crippen LogP contribution in [0.3, 0.4) is 0 Å². The maximum atomic E-state index is 12.9. The molecule has 26 heavy (non-hydrogen) atoms. The van der Waals surface area contributed by atoms with Gasteiger partial charge in [-0.1, -0.05) is 40.7 Å². The maximum absolute atomic E-state index is 12.9. The van der Waals surface area contributed by atoms with Crippen molar-refractivity contribution < 1.29 is 9.90 Å². The molecule has 0 saturated heterocycles.